The van der Waals surface area contributed by atoms with Gasteiger partial charge in [0.15, 0.2) is 0 Å². The minimum Gasteiger partial charge on any atom is -0.480 e. The second-order valence-corrected chi connectivity index (χ2v) is 2.68. The molecule has 0 aliphatic heterocycles. The van der Waals surface area contributed by atoms with Gasteiger partial charge in [0, 0.05) is 18.6 Å². The van der Waals surface area contributed by atoms with Crippen LogP contribution >= 0.6 is 0 Å². The Hall–Kier alpha value is -1.49. The number of carboxylic acids is 1. The van der Waals surface area contributed by atoms with Crippen molar-refractivity contribution in [1.82, 2.24) is 9.97 Å². The Bertz CT molecular complexity index is 276. The van der Waals surface area contributed by atoms with Crippen molar-refractivity contribution in [1.29, 1.82) is 0 Å². The standard InChI is InChI=1S/C8H11N3O2/c9-7(8(12)13)2-1-6-5-10-3-4-11-6/h3-5,7H,1-2,9H2,(H,12,13)/t7-/m1/s1. The Balaban J connectivity index is 2.39. The van der Waals surface area contributed by atoms with Crippen LogP contribution in [0.3, 0.4) is 0 Å². The van der Waals surface area contributed by atoms with Crippen molar-refractivity contribution < 1.29 is 9.90 Å². The Kier molecular flexibility index (Phi) is 3.33. The maximum absolute atomic E-state index is 10.4. The summed E-state index contributed by atoms with van der Waals surface area (Å²) < 4.78 is 0. The summed E-state index contributed by atoms with van der Waals surface area (Å²) in [7, 11) is 0. The van der Waals surface area contributed by atoms with Gasteiger partial charge in [-0.3, -0.25) is 14.8 Å². The summed E-state index contributed by atoms with van der Waals surface area (Å²) in [5, 5.41) is 8.50. The summed E-state index contributed by atoms with van der Waals surface area (Å²) in [6.45, 7) is 0. The monoisotopic (exact) mass is 181 g/mol. The first-order chi connectivity index (χ1) is 6.20. The van der Waals surface area contributed by atoms with Crippen LogP contribution in [0, 0.1) is 0 Å². The van der Waals surface area contributed by atoms with Crippen LogP contribution in [0.1, 0.15) is 12.1 Å². The van der Waals surface area contributed by atoms with Gasteiger partial charge >= 0.3 is 5.97 Å². The Morgan fingerprint density at radius 1 is 1.62 bits per heavy atom. The van der Waals surface area contributed by atoms with Gasteiger partial charge in [-0.05, 0) is 12.8 Å². The SMILES string of the molecule is N[C@H](CCc1cnccn1)C(=O)O. The smallest absolute Gasteiger partial charge is 0.320 e. The van der Waals surface area contributed by atoms with E-state index in [0.717, 1.165) is 5.69 Å². The molecule has 0 saturated heterocycles. The molecule has 0 amide bonds. The van der Waals surface area contributed by atoms with E-state index in [1.165, 1.54) is 0 Å². The maximum Gasteiger partial charge on any atom is 0.320 e. The van der Waals surface area contributed by atoms with Crippen LogP contribution in [-0.4, -0.2) is 27.1 Å². The molecule has 1 rings (SSSR count). The zero-order chi connectivity index (χ0) is 9.68. The van der Waals surface area contributed by atoms with Crippen LogP contribution in [-0.2, 0) is 11.2 Å². The van der Waals surface area contributed by atoms with E-state index in [0.29, 0.717) is 12.8 Å². The average molecular weight is 181 g/mol. The van der Waals surface area contributed by atoms with E-state index in [1.54, 1.807) is 18.6 Å². The number of aromatic nitrogens is 2. The number of nitrogens with two attached hydrogens (primary N) is 1. The second kappa shape index (κ2) is 4.51. The van der Waals surface area contributed by atoms with Gasteiger partial charge in [0.05, 0.1) is 5.69 Å². The van der Waals surface area contributed by atoms with Gasteiger partial charge in [-0.15, -0.1) is 0 Å². The minimum atomic E-state index is -0.983. The lowest BCUT2D eigenvalue weighted by atomic mass is 10.1. The predicted molar refractivity (Wildman–Crippen MR) is 46.0 cm³/mol. The zero-order valence-electron chi connectivity index (χ0n) is 7.05. The number of hydrogen-bond donors (Lipinski definition) is 2. The van der Waals surface area contributed by atoms with E-state index < -0.39 is 12.0 Å². The highest BCUT2D eigenvalue weighted by Gasteiger charge is 2.10. The van der Waals surface area contributed by atoms with E-state index in [9.17, 15) is 4.79 Å². The highest BCUT2D eigenvalue weighted by atomic mass is 16.4. The van der Waals surface area contributed by atoms with Gasteiger partial charge in [-0.25, -0.2) is 0 Å². The van der Waals surface area contributed by atoms with Gasteiger partial charge in [0.25, 0.3) is 0 Å². The van der Waals surface area contributed by atoms with Crippen molar-refractivity contribution in [3.63, 3.8) is 0 Å². The first kappa shape index (κ1) is 9.60. The van der Waals surface area contributed by atoms with Crippen molar-refractivity contribution >= 4 is 5.97 Å². The molecule has 1 heterocycles. The average Bonchev–Trinajstić information content (AvgIpc) is 2.15. The van der Waals surface area contributed by atoms with E-state index >= 15 is 0 Å². The molecule has 0 saturated carbocycles. The lowest BCUT2D eigenvalue weighted by Crippen LogP contribution is -2.30. The van der Waals surface area contributed by atoms with Gasteiger partial charge in [-0.2, -0.15) is 0 Å². The first-order valence-corrected chi connectivity index (χ1v) is 3.93. The maximum atomic E-state index is 10.4. The van der Waals surface area contributed by atoms with Crippen molar-refractivity contribution in [3.8, 4) is 0 Å². The van der Waals surface area contributed by atoms with E-state index in [-0.39, 0.29) is 0 Å². The molecule has 70 valence electrons. The summed E-state index contributed by atoms with van der Waals surface area (Å²) in [6, 6.07) is -0.818. The Morgan fingerprint density at radius 2 is 2.38 bits per heavy atom. The van der Waals surface area contributed by atoms with Crippen LogP contribution in [0.2, 0.25) is 0 Å². The molecule has 1 aromatic heterocycles. The third kappa shape index (κ3) is 3.16. The second-order valence-electron chi connectivity index (χ2n) is 2.68. The topological polar surface area (TPSA) is 89.1 Å². The summed E-state index contributed by atoms with van der Waals surface area (Å²) in [4.78, 5) is 18.2. The van der Waals surface area contributed by atoms with E-state index in [4.69, 9.17) is 10.8 Å². The van der Waals surface area contributed by atoms with Crippen molar-refractivity contribution in [2.75, 3.05) is 0 Å². The lowest BCUT2D eigenvalue weighted by Gasteiger charge is -2.04. The highest BCUT2D eigenvalue weighted by Crippen LogP contribution is 1.98. The Morgan fingerprint density at radius 3 is 2.92 bits per heavy atom. The quantitative estimate of drug-likeness (QED) is 0.672. The number of carbonyl (C=O) groups is 1. The number of carboxylic acid groups (broad SMARTS) is 1. The summed E-state index contributed by atoms with van der Waals surface area (Å²) in [5.41, 5.74) is 6.08. The van der Waals surface area contributed by atoms with Gasteiger partial charge in [0.1, 0.15) is 6.04 Å². The molecular weight excluding hydrogens is 170 g/mol. The van der Waals surface area contributed by atoms with Crippen LogP contribution in [0.4, 0.5) is 0 Å². The molecule has 3 N–H and O–H groups in total. The number of nitrogens with zero attached hydrogens (tertiary/aromatic N) is 2. The number of hydrogen-bond acceptors (Lipinski definition) is 4. The minimum absolute atomic E-state index is 0.383. The van der Waals surface area contributed by atoms with Gasteiger partial charge in [0.2, 0.25) is 0 Å². The molecule has 1 atom stereocenters. The van der Waals surface area contributed by atoms with Gasteiger partial charge < -0.3 is 10.8 Å². The Labute approximate surface area is 75.6 Å². The first-order valence-electron chi connectivity index (χ1n) is 3.93. The number of rotatable bonds is 4. The molecule has 13 heavy (non-hydrogen) atoms. The van der Waals surface area contributed by atoms with Crippen LogP contribution < -0.4 is 5.73 Å². The fourth-order valence-electron chi connectivity index (χ4n) is 0.886. The molecule has 0 bridgehead atoms. The van der Waals surface area contributed by atoms with Crippen molar-refractivity contribution in [2.24, 2.45) is 5.73 Å². The molecule has 5 heteroatoms. The third-order valence-electron chi connectivity index (χ3n) is 1.65. The summed E-state index contributed by atoms with van der Waals surface area (Å²) >= 11 is 0. The van der Waals surface area contributed by atoms with Crippen LogP contribution in [0.5, 0.6) is 0 Å². The lowest BCUT2D eigenvalue weighted by molar-refractivity contribution is -0.138. The summed E-state index contributed by atoms with van der Waals surface area (Å²) in [6.07, 6.45) is 5.67. The fourth-order valence-corrected chi connectivity index (χ4v) is 0.886. The normalized spacial score (nSPS) is 12.4. The van der Waals surface area contributed by atoms with Crippen molar-refractivity contribution in [3.05, 3.63) is 24.3 Å². The zero-order valence-corrected chi connectivity index (χ0v) is 7.05. The van der Waals surface area contributed by atoms with Crippen LogP contribution in [0.25, 0.3) is 0 Å². The fraction of sp³-hybridized carbons (Fsp3) is 0.375. The van der Waals surface area contributed by atoms with E-state index in [1.807, 2.05) is 0 Å². The van der Waals surface area contributed by atoms with Gasteiger partial charge in [-0.1, -0.05) is 0 Å². The molecule has 0 aliphatic rings. The molecule has 1 aromatic rings. The molecule has 5 nitrogen and oxygen atoms in total. The molecule has 0 radical (unpaired) electrons. The van der Waals surface area contributed by atoms with Crippen molar-refractivity contribution in [2.45, 2.75) is 18.9 Å². The molecule has 0 aromatic carbocycles. The molecule has 0 aliphatic carbocycles. The van der Waals surface area contributed by atoms with Crippen LogP contribution in [0.15, 0.2) is 18.6 Å². The highest BCUT2D eigenvalue weighted by molar-refractivity contribution is 5.72. The summed E-state index contributed by atoms with van der Waals surface area (Å²) in [5.74, 6) is -0.983. The largest absolute Gasteiger partial charge is 0.480 e. The molecule has 0 fully saturated rings. The predicted octanol–water partition coefficient (Wildman–Crippen LogP) is -0.179. The molecular formula is C8H11N3O2. The number of aliphatic carboxylic acids is 1. The number of aryl methyl sites for hydroxylation is 1. The molecule has 0 spiro atoms. The molecule has 0 unspecified atom stereocenters. The van der Waals surface area contributed by atoms with E-state index in [2.05, 4.69) is 9.97 Å². The third-order valence-corrected chi connectivity index (χ3v) is 1.65.